The summed E-state index contributed by atoms with van der Waals surface area (Å²) in [5.41, 5.74) is 5.97. The summed E-state index contributed by atoms with van der Waals surface area (Å²) >= 11 is 0. The molecule has 3 N–H and O–H groups in total. The van der Waals surface area contributed by atoms with E-state index in [1.54, 1.807) is 12.1 Å². The molecule has 0 fully saturated rings. The zero-order valence-corrected chi connectivity index (χ0v) is 9.22. The number of nitrogens with zero attached hydrogens (tertiary/aromatic N) is 7. The average molecular weight is 236 g/mol. The van der Waals surface area contributed by atoms with E-state index in [-0.39, 0.29) is 5.84 Å². The van der Waals surface area contributed by atoms with Gasteiger partial charge in [-0.05, 0) is 22.6 Å². The molecule has 0 aromatic carbocycles. The van der Waals surface area contributed by atoms with Crippen LogP contribution in [0.5, 0.6) is 0 Å². The molecular formula is C8H12N8O. The lowest BCUT2D eigenvalue weighted by Gasteiger charge is -2.16. The van der Waals surface area contributed by atoms with Crippen LogP contribution in [0.25, 0.3) is 5.65 Å². The van der Waals surface area contributed by atoms with Gasteiger partial charge in [0.25, 0.3) is 0 Å². The molecule has 0 aliphatic rings. The molecule has 2 aromatic rings. The summed E-state index contributed by atoms with van der Waals surface area (Å²) in [5, 5.41) is 26.5. The molecule has 2 aromatic heterocycles. The van der Waals surface area contributed by atoms with Crippen LogP contribution in [0.1, 0.15) is 6.42 Å². The van der Waals surface area contributed by atoms with Gasteiger partial charge < -0.3 is 15.8 Å². The minimum absolute atomic E-state index is 0.181. The van der Waals surface area contributed by atoms with Crippen LogP contribution in [0.2, 0.25) is 0 Å². The van der Waals surface area contributed by atoms with Crippen LogP contribution in [0.15, 0.2) is 17.3 Å². The van der Waals surface area contributed by atoms with Crippen LogP contribution in [0.3, 0.4) is 0 Å². The van der Waals surface area contributed by atoms with Crippen molar-refractivity contribution in [2.24, 2.45) is 10.9 Å². The molecule has 0 spiro atoms. The molecule has 2 rings (SSSR count). The third kappa shape index (κ3) is 2.38. The average Bonchev–Trinajstić information content (AvgIpc) is 2.82. The predicted octanol–water partition coefficient (Wildman–Crippen LogP) is -0.908. The first-order valence-electron chi connectivity index (χ1n) is 4.93. The highest BCUT2D eigenvalue weighted by Gasteiger charge is 2.06. The second kappa shape index (κ2) is 4.60. The second-order valence-corrected chi connectivity index (χ2v) is 3.48. The predicted molar refractivity (Wildman–Crippen MR) is 59.9 cm³/mol. The highest BCUT2D eigenvalue weighted by molar-refractivity contribution is 5.80. The number of oxime groups is 1. The van der Waals surface area contributed by atoms with Crippen molar-refractivity contribution in [2.75, 3.05) is 18.5 Å². The second-order valence-electron chi connectivity index (χ2n) is 3.48. The molecule has 90 valence electrons. The van der Waals surface area contributed by atoms with Gasteiger partial charge in [-0.3, -0.25) is 0 Å². The molecule has 0 saturated heterocycles. The van der Waals surface area contributed by atoms with Crippen molar-refractivity contribution in [2.45, 2.75) is 6.42 Å². The molecule has 0 atom stereocenters. The Morgan fingerprint density at radius 3 is 3.18 bits per heavy atom. The van der Waals surface area contributed by atoms with Crippen molar-refractivity contribution in [1.82, 2.24) is 25.3 Å². The number of fused-ring (bicyclic) bond motifs is 1. The summed E-state index contributed by atoms with van der Waals surface area (Å²) in [6.45, 7) is 0.580. The Bertz CT molecular complexity index is 535. The van der Waals surface area contributed by atoms with Crippen molar-refractivity contribution in [3.63, 3.8) is 0 Å². The molecule has 9 heteroatoms. The largest absolute Gasteiger partial charge is 0.409 e. The zero-order chi connectivity index (χ0) is 12.3. The lowest BCUT2D eigenvalue weighted by Crippen LogP contribution is -2.25. The Morgan fingerprint density at radius 2 is 2.41 bits per heavy atom. The molecule has 0 unspecified atom stereocenters. The quantitative estimate of drug-likeness (QED) is 0.305. The number of aromatic nitrogens is 5. The van der Waals surface area contributed by atoms with Crippen molar-refractivity contribution in [3.8, 4) is 0 Å². The topological polar surface area (TPSA) is 118 Å². The smallest absolute Gasteiger partial charge is 0.200 e. The van der Waals surface area contributed by atoms with E-state index >= 15 is 0 Å². The maximum atomic E-state index is 8.43. The number of nitrogens with two attached hydrogens (primary N) is 1. The standard InChI is InChI=1S/C8H12N8O/c1-15(5-4-6(9)12-17)8-3-2-7-10-13-14-16(7)11-8/h2-3,17H,4-5H2,1H3,(H2,9,12). The minimum atomic E-state index is 0.181. The van der Waals surface area contributed by atoms with Gasteiger partial charge in [0.05, 0.1) is 0 Å². The van der Waals surface area contributed by atoms with Crippen LogP contribution in [-0.2, 0) is 0 Å². The van der Waals surface area contributed by atoms with Crippen LogP contribution in [0, 0.1) is 0 Å². The SMILES string of the molecule is CN(CCC(N)=NO)c1ccc2nnnn2n1. The van der Waals surface area contributed by atoms with Gasteiger partial charge in [0.2, 0.25) is 0 Å². The number of amidine groups is 1. The molecule has 0 bridgehead atoms. The third-order valence-electron chi connectivity index (χ3n) is 2.28. The first-order chi connectivity index (χ1) is 8.20. The van der Waals surface area contributed by atoms with Crippen LogP contribution >= 0.6 is 0 Å². The van der Waals surface area contributed by atoms with Crippen molar-refractivity contribution < 1.29 is 5.21 Å². The highest BCUT2D eigenvalue weighted by Crippen LogP contribution is 2.08. The van der Waals surface area contributed by atoms with Gasteiger partial charge in [0.1, 0.15) is 5.84 Å². The summed E-state index contributed by atoms with van der Waals surface area (Å²) in [7, 11) is 1.85. The summed E-state index contributed by atoms with van der Waals surface area (Å²) in [4.78, 5) is 1.86. The van der Waals surface area contributed by atoms with Crippen LogP contribution in [0.4, 0.5) is 5.82 Å². The number of rotatable bonds is 4. The number of hydrogen-bond acceptors (Lipinski definition) is 7. The Balaban J connectivity index is 2.10. The molecule has 0 amide bonds. The van der Waals surface area contributed by atoms with E-state index in [9.17, 15) is 0 Å². The summed E-state index contributed by atoms with van der Waals surface area (Å²) in [5.74, 6) is 0.885. The van der Waals surface area contributed by atoms with Gasteiger partial charge >= 0.3 is 0 Å². The zero-order valence-electron chi connectivity index (χ0n) is 9.22. The minimum Gasteiger partial charge on any atom is -0.409 e. The molecule has 0 aliphatic carbocycles. The molecular weight excluding hydrogens is 224 g/mol. The first-order valence-corrected chi connectivity index (χ1v) is 4.93. The molecule has 9 nitrogen and oxygen atoms in total. The Kier molecular flexibility index (Phi) is 2.99. The fraction of sp³-hybridized carbons (Fsp3) is 0.375. The van der Waals surface area contributed by atoms with Crippen LogP contribution in [-0.4, -0.2) is 49.9 Å². The first kappa shape index (κ1) is 11.0. The lowest BCUT2D eigenvalue weighted by atomic mass is 10.3. The summed E-state index contributed by atoms with van der Waals surface area (Å²) < 4.78 is 1.34. The monoisotopic (exact) mass is 236 g/mol. The maximum absolute atomic E-state index is 8.43. The van der Waals surface area contributed by atoms with Gasteiger partial charge in [0, 0.05) is 20.0 Å². The molecule has 0 radical (unpaired) electrons. The molecule has 17 heavy (non-hydrogen) atoms. The summed E-state index contributed by atoms with van der Waals surface area (Å²) in [6.07, 6.45) is 0.447. The van der Waals surface area contributed by atoms with E-state index in [1.165, 1.54) is 4.63 Å². The van der Waals surface area contributed by atoms with Crippen molar-refractivity contribution >= 4 is 17.3 Å². The normalized spacial score (nSPS) is 11.9. The van der Waals surface area contributed by atoms with Gasteiger partial charge in [-0.2, -0.15) is 0 Å². The van der Waals surface area contributed by atoms with Crippen LogP contribution < -0.4 is 10.6 Å². The van der Waals surface area contributed by atoms with E-state index < -0.39 is 0 Å². The highest BCUT2D eigenvalue weighted by atomic mass is 16.4. The van der Waals surface area contributed by atoms with Gasteiger partial charge in [0.15, 0.2) is 11.5 Å². The maximum Gasteiger partial charge on any atom is 0.200 e. The van der Waals surface area contributed by atoms with Crippen molar-refractivity contribution in [1.29, 1.82) is 0 Å². The van der Waals surface area contributed by atoms with Crippen molar-refractivity contribution in [3.05, 3.63) is 12.1 Å². The van der Waals surface area contributed by atoms with E-state index in [4.69, 9.17) is 10.9 Å². The van der Waals surface area contributed by atoms with Gasteiger partial charge in [-0.25, -0.2) is 0 Å². The van der Waals surface area contributed by atoms with Gasteiger partial charge in [-0.15, -0.1) is 14.8 Å². The number of tetrazole rings is 1. The summed E-state index contributed by atoms with van der Waals surface area (Å²) in [6, 6.07) is 3.57. The van der Waals surface area contributed by atoms with E-state index in [1.807, 2.05) is 11.9 Å². The number of hydrogen-bond donors (Lipinski definition) is 2. The Morgan fingerprint density at radius 1 is 1.59 bits per heavy atom. The van der Waals surface area contributed by atoms with Gasteiger partial charge in [-0.1, -0.05) is 5.16 Å². The molecule has 0 aliphatic heterocycles. The fourth-order valence-corrected chi connectivity index (χ4v) is 1.29. The third-order valence-corrected chi connectivity index (χ3v) is 2.28. The molecule has 2 heterocycles. The Hall–Kier alpha value is -2.45. The number of anilines is 1. The van der Waals surface area contributed by atoms with E-state index in [0.717, 1.165) is 0 Å². The van der Waals surface area contributed by atoms with E-state index in [0.29, 0.717) is 24.4 Å². The molecule has 0 saturated carbocycles. The van der Waals surface area contributed by atoms with E-state index in [2.05, 4.69) is 25.8 Å². The lowest BCUT2D eigenvalue weighted by molar-refractivity contribution is 0.317. The fourth-order valence-electron chi connectivity index (χ4n) is 1.29. The Labute approximate surface area is 96.5 Å².